The molecule has 1 aliphatic rings. The molecule has 0 saturated carbocycles. The summed E-state index contributed by atoms with van der Waals surface area (Å²) < 4.78 is 0. The van der Waals surface area contributed by atoms with Crippen molar-refractivity contribution in [3.8, 4) is 0 Å². The third kappa shape index (κ3) is 2.41. The van der Waals surface area contributed by atoms with Crippen LogP contribution in [-0.4, -0.2) is 45.9 Å². The maximum atomic E-state index is 12.3. The number of carbonyl (C=O) groups is 3. The largest absolute Gasteiger partial charge is 0.289 e. The zero-order chi connectivity index (χ0) is 14.7. The molecule has 0 fully saturated rings. The summed E-state index contributed by atoms with van der Waals surface area (Å²) in [6, 6.07) is 5.43. The summed E-state index contributed by atoms with van der Waals surface area (Å²) in [6.07, 6.45) is 2.15. The molecule has 0 saturated heterocycles. The van der Waals surface area contributed by atoms with Crippen LogP contribution in [0.3, 0.4) is 0 Å². The van der Waals surface area contributed by atoms with Gasteiger partial charge in [-0.1, -0.05) is 12.1 Å². The highest BCUT2D eigenvalue weighted by molar-refractivity contribution is 7.98. The van der Waals surface area contributed by atoms with Gasteiger partial charge in [0.05, 0.1) is 11.1 Å². The van der Waals surface area contributed by atoms with Crippen LogP contribution in [0.5, 0.6) is 0 Å². The standard InChI is InChI=1S/C13H14N2O4S/c1-20-7-6-10(11(16)14-19)15-12(17)8-4-2-3-5-9(8)13(15)18/h2-5,10,19H,6-7H2,1H3,(H,14,16)/t10-/m0/s1. The van der Waals surface area contributed by atoms with Gasteiger partial charge in [-0.05, 0) is 30.6 Å². The van der Waals surface area contributed by atoms with E-state index in [0.717, 1.165) is 4.90 Å². The average molecular weight is 294 g/mol. The number of nitrogens with zero attached hydrogens (tertiary/aromatic N) is 1. The number of carbonyl (C=O) groups excluding carboxylic acids is 3. The molecule has 1 atom stereocenters. The second-order valence-corrected chi connectivity index (χ2v) is 5.28. The summed E-state index contributed by atoms with van der Waals surface area (Å²) in [5.41, 5.74) is 2.10. The van der Waals surface area contributed by atoms with Gasteiger partial charge in [0, 0.05) is 0 Å². The van der Waals surface area contributed by atoms with Crippen molar-refractivity contribution in [2.75, 3.05) is 12.0 Å². The van der Waals surface area contributed by atoms with E-state index in [2.05, 4.69) is 0 Å². The topological polar surface area (TPSA) is 86.7 Å². The molecule has 1 aliphatic heterocycles. The lowest BCUT2D eigenvalue weighted by atomic mass is 10.1. The molecular weight excluding hydrogens is 280 g/mol. The lowest BCUT2D eigenvalue weighted by Crippen LogP contribution is -2.49. The van der Waals surface area contributed by atoms with E-state index in [4.69, 9.17) is 5.21 Å². The molecule has 0 aromatic heterocycles. The Labute approximate surface area is 120 Å². The second kappa shape index (κ2) is 6.06. The molecule has 0 unspecified atom stereocenters. The summed E-state index contributed by atoms with van der Waals surface area (Å²) >= 11 is 1.49. The first-order chi connectivity index (χ1) is 9.61. The molecule has 1 heterocycles. The van der Waals surface area contributed by atoms with Crippen LogP contribution in [0.2, 0.25) is 0 Å². The maximum Gasteiger partial charge on any atom is 0.266 e. The summed E-state index contributed by atoms with van der Waals surface area (Å²) in [4.78, 5) is 37.2. The zero-order valence-corrected chi connectivity index (χ0v) is 11.6. The second-order valence-electron chi connectivity index (χ2n) is 4.30. The van der Waals surface area contributed by atoms with Crippen LogP contribution in [0.4, 0.5) is 0 Å². The third-order valence-corrected chi connectivity index (χ3v) is 3.79. The van der Waals surface area contributed by atoms with Crippen LogP contribution in [0.25, 0.3) is 0 Å². The van der Waals surface area contributed by atoms with Gasteiger partial charge in [-0.15, -0.1) is 0 Å². The van der Waals surface area contributed by atoms with Crippen molar-refractivity contribution in [1.82, 2.24) is 10.4 Å². The van der Waals surface area contributed by atoms with Crippen LogP contribution in [0.15, 0.2) is 24.3 Å². The van der Waals surface area contributed by atoms with Crippen LogP contribution in [0, 0.1) is 0 Å². The SMILES string of the molecule is CSCC[C@@H](C(=O)NO)N1C(=O)c2ccccc2C1=O. The minimum absolute atomic E-state index is 0.289. The monoisotopic (exact) mass is 294 g/mol. The van der Waals surface area contributed by atoms with Crippen molar-refractivity contribution in [2.24, 2.45) is 0 Å². The van der Waals surface area contributed by atoms with Crippen molar-refractivity contribution in [3.63, 3.8) is 0 Å². The van der Waals surface area contributed by atoms with Gasteiger partial charge >= 0.3 is 0 Å². The fourth-order valence-electron chi connectivity index (χ4n) is 2.17. The molecule has 0 aliphatic carbocycles. The molecule has 2 N–H and O–H groups in total. The number of rotatable bonds is 5. The minimum atomic E-state index is -1.00. The first kappa shape index (κ1) is 14.5. The van der Waals surface area contributed by atoms with E-state index < -0.39 is 23.8 Å². The van der Waals surface area contributed by atoms with Crippen LogP contribution in [0.1, 0.15) is 27.1 Å². The van der Waals surface area contributed by atoms with Gasteiger partial charge in [0.15, 0.2) is 0 Å². The Morgan fingerprint density at radius 2 is 1.85 bits per heavy atom. The van der Waals surface area contributed by atoms with E-state index in [0.29, 0.717) is 12.2 Å². The summed E-state index contributed by atoms with van der Waals surface area (Å²) in [7, 11) is 0. The lowest BCUT2D eigenvalue weighted by molar-refractivity contribution is -0.133. The van der Waals surface area contributed by atoms with Gasteiger partial charge in [-0.25, -0.2) is 5.48 Å². The molecule has 0 bridgehead atoms. The van der Waals surface area contributed by atoms with Crippen molar-refractivity contribution in [2.45, 2.75) is 12.5 Å². The van der Waals surface area contributed by atoms with E-state index in [1.54, 1.807) is 24.3 Å². The molecule has 3 amide bonds. The maximum absolute atomic E-state index is 12.3. The van der Waals surface area contributed by atoms with Crippen molar-refractivity contribution >= 4 is 29.5 Å². The van der Waals surface area contributed by atoms with Gasteiger partial charge in [-0.2, -0.15) is 11.8 Å². The van der Waals surface area contributed by atoms with Gasteiger partial charge in [0.2, 0.25) is 0 Å². The smallest absolute Gasteiger partial charge is 0.266 e. The fourth-order valence-corrected chi connectivity index (χ4v) is 2.63. The predicted molar refractivity (Wildman–Crippen MR) is 73.7 cm³/mol. The lowest BCUT2D eigenvalue weighted by Gasteiger charge is -2.23. The molecule has 2 rings (SSSR count). The summed E-state index contributed by atoms with van der Waals surface area (Å²) in [5.74, 6) is -1.17. The summed E-state index contributed by atoms with van der Waals surface area (Å²) in [5, 5.41) is 8.80. The molecule has 1 aromatic carbocycles. The molecule has 106 valence electrons. The number of amides is 3. The quantitative estimate of drug-likeness (QED) is 0.479. The highest BCUT2D eigenvalue weighted by atomic mass is 32.2. The number of nitrogens with one attached hydrogen (secondary N) is 1. The minimum Gasteiger partial charge on any atom is -0.289 e. The van der Waals surface area contributed by atoms with Gasteiger partial charge in [0.1, 0.15) is 6.04 Å². The Morgan fingerprint density at radius 3 is 2.30 bits per heavy atom. The van der Waals surface area contributed by atoms with Crippen LogP contribution < -0.4 is 5.48 Å². The first-order valence-corrected chi connectivity index (χ1v) is 7.41. The average Bonchev–Trinajstić information content (AvgIpc) is 2.73. The number of fused-ring (bicyclic) bond motifs is 1. The van der Waals surface area contributed by atoms with Gasteiger partial charge in [0.25, 0.3) is 17.7 Å². The van der Waals surface area contributed by atoms with E-state index in [9.17, 15) is 14.4 Å². The number of hydrogen-bond acceptors (Lipinski definition) is 5. The van der Waals surface area contributed by atoms with Gasteiger partial charge < -0.3 is 0 Å². The van der Waals surface area contributed by atoms with E-state index in [-0.39, 0.29) is 11.1 Å². The van der Waals surface area contributed by atoms with E-state index in [1.165, 1.54) is 17.2 Å². The van der Waals surface area contributed by atoms with Crippen molar-refractivity contribution < 1.29 is 19.6 Å². The van der Waals surface area contributed by atoms with Crippen molar-refractivity contribution in [3.05, 3.63) is 35.4 Å². The molecule has 0 radical (unpaired) electrons. The zero-order valence-electron chi connectivity index (χ0n) is 10.8. The number of thioether (sulfide) groups is 1. The van der Waals surface area contributed by atoms with Crippen LogP contribution in [-0.2, 0) is 4.79 Å². The fraction of sp³-hybridized carbons (Fsp3) is 0.308. The molecule has 1 aromatic rings. The molecule has 20 heavy (non-hydrogen) atoms. The Morgan fingerprint density at radius 1 is 1.30 bits per heavy atom. The number of benzene rings is 1. The van der Waals surface area contributed by atoms with Crippen molar-refractivity contribution in [1.29, 1.82) is 0 Å². The summed E-state index contributed by atoms with van der Waals surface area (Å²) in [6.45, 7) is 0. The molecule has 7 heteroatoms. The van der Waals surface area contributed by atoms with Crippen LogP contribution >= 0.6 is 11.8 Å². The van der Waals surface area contributed by atoms with Gasteiger partial charge in [-0.3, -0.25) is 24.5 Å². The van der Waals surface area contributed by atoms with E-state index in [1.807, 2.05) is 6.26 Å². The number of imide groups is 1. The number of hydrogen-bond donors (Lipinski definition) is 2. The molecule has 6 nitrogen and oxygen atoms in total. The third-order valence-electron chi connectivity index (χ3n) is 3.15. The van der Waals surface area contributed by atoms with E-state index >= 15 is 0 Å². The number of hydroxylamine groups is 1. The predicted octanol–water partition coefficient (Wildman–Crippen LogP) is 0.910. The molecule has 0 spiro atoms. The Balaban J connectivity index is 2.34. The Hall–Kier alpha value is -1.86. The normalized spacial score (nSPS) is 15.2. The Kier molecular flexibility index (Phi) is 4.41. The highest BCUT2D eigenvalue weighted by Crippen LogP contribution is 2.26. The first-order valence-electron chi connectivity index (χ1n) is 6.01. The highest BCUT2D eigenvalue weighted by Gasteiger charge is 2.42. The Bertz CT molecular complexity index is 526. The molecular formula is C13H14N2O4S.